The molecule has 0 spiro atoms. The minimum Gasteiger partial charge on any atom is -0.333 e. The molecule has 1 amide bonds. The van der Waals surface area contributed by atoms with Crippen LogP contribution in [0.5, 0.6) is 0 Å². The number of aromatic nitrogens is 2. The van der Waals surface area contributed by atoms with Gasteiger partial charge in [-0.2, -0.15) is 0 Å². The monoisotopic (exact) mass is 433 g/mol. The van der Waals surface area contributed by atoms with Crippen molar-refractivity contribution >= 4 is 16.8 Å². The second-order valence-corrected chi connectivity index (χ2v) is 8.58. The smallest absolute Gasteiger partial charge is 0.266 e. The molecule has 3 aromatic rings. The summed E-state index contributed by atoms with van der Waals surface area (Å²) in [7, 11) is 0. The Bertz CT molecular complexity index is 1150. The first-order chi connectivity index (χ1) is 15.4. The van der Waals surface area contributed by atoms with E-state index in [0.717, 1.165) is 42.5 Å². The van der Waals surface area contributed by atoms with Crippen LogP contribution in [0, 0.1) is 13.8 Å². The van der Waals surface area contributed by atoms with Crippen molar-refractivity contribution in [3.63, 3.8) is 0 Å². The van der Waals surface area contributed by atoms with Crippen molar-refractivity contribution in [1.82, 2.24) is 14.5 Å². The molecule has 0 radical (unpaired) electrons. The summed E-state index contributed by atoms with van der Waals surface area (Å²) in [4.78, 5) is 33.5. The van der Waals surface area contributed by atoms with Crippen LogP contribution in [0.2, 0.25) is 0 Å². The highest BCUT2D eigenvalue weighted by Gasteiger charge is 2.26. The molecule has 0 saturated heterocycles. The van der Waals surface area contributed by atoms with E-state index in [2.05, 4.69) is 13.0 Å². The lowest BCUT2D eigenvalue weighted by atomic mass is 10.1. The third-order valence-electron chi connectivity index (χ3n) is 6.14. The van der Waals surface area contributed by atoms with Crippen molar-refractivity contribution in [3.05, 3.63) is 69.8 Å². The van der Waals surface area contributed by atoms with Crippen LogP contribution >= 0.6 is 0 Å². The van der Waals surface area contributed by atoms with Gasteiger partial charge in [0.25, 0.3) is 5.56 Å². The maximum Gasteiger partial charge on any atom is 0.266 e. The van der Waals surface area contributed by atoms with Crippen molar-refractivity contribution in [2.75, 3.05) is 6.54 Å². The number of benzene rings is 2. The Morgan fingerprint density at radius 3 is 2.50 bits per heavy atom. The third-order valence-corrected chi connectivity index (χ3v) is 6.14. The number of nitrogens with zero attached hydrogens (tertiary/aromatic N) is 3. The molecule has 0 aliphatic heterocycles. The van der Waals surface area contributed by atoms with Crippen LogP contribution in [0.15, 0.2) is 47.3 Å². The molecule has 0 fully saturated rings. The van der Waals surface area contributed by atoms with Crippen LogP contribution in [-0.2, 0) is 4.79 Å². The molecular weight excluding hydrogens is 398 g/mol. The van der Waals surface area contributed by atoms with Gasteiger partial charge < -0.3 is 4.90 Å². The van der Waals surface area contributed by atoms with Crippen LogP contribution in [0.1, 0.15) is 75.9 Å². The zero-order chi connectivity index (χ0) is 23.3. The van der Waals surface area contributed by atoms with E-state index in [4.69, 9.17) is 4.98 Å². The average Bonchev–Trinajstić information content (AvgIpc) is 2.78. The number of aryl methyl sites for hydroxylation is 2. The Balaban J connectivity index is 2.11. The molecule has 1 aromatic heterocycles. The fraction of sp³-hybridized carbons (Fsp3) is 0.444. The highest BCUT2D eigenvalue weighted by molar-refractivity contribution is 5.79. The number of carbonyl (C=O) groups excluding carboxylic acids is 1. The van der Waals surface area contributed by atoms with E-state index in [1.54, 1.807) is 4.57 Å². The summed E-state index contributed by atoms with van der Waals surface area (Å²) < 4.78 is 1.70. The molecule has 0 aliphatic rings. The highest BCUT2D eigenvalue weighted by atomic mass is 16.2. The Kier molecular flexibility index (Phi) is 7.84. The highest BCUT2D eigenvalue weighted by Crippen LogP contribution is 2.25. The minimum absolute atomic E-state index is 0.101. The average molecular weight is 434 g/mol. The Hall–Kier alpha value is -2.95. The normalized spacial score (nSPS) is 12.2. The zero-order valence-corrected chi connectivity index (χ0v) is 20.0. The maximum absolute atomic E-state index is 13.6. The summed E-state index contributed by atoms with van der Waals surface area (Å²) in [6.07, 6.45) is 4.78. The topological polar surface area (TPSA) is 55.2 Å². The van der Waals surface area contributed by atoms with E-state index in [1.807, 2.05) is 69.0 Å². The Morgan fingerprint density at radius 1 is 1.06 bits per heavy atom. The summed E-state index contributed by atoms with van der Waals surface area (Å²) >= 11 is 0. The summed E-state index contributed by atoms with van der Waals surface area (Å²) in [5, 5.41) is 0.581. The van der Waals surface area contributed by atoms with Crippen molar-refractivity contribution in [3.8, 4) is 5.69 Å². The molecule has 5 heteroatoms. The summed E-state index contributed by atoms with van der Waals surface area (Å²) in [6.45, 7) is 10.8. The van der Waals surface area contributed by atoms with Crippen LogP contribution in [0.3, 0.4) is 0 Å². The van der Waals surface area contributed by atoms with Crippen LogP contribution in [0.25, 0.3) is 16.6 Å². The first kappa shape index (κ1) is 23.7. The molecule has 32 heavy (non-hydrogen) atoms. The van der Waals surface area contributed by atoms with E-state index in [0.29, 0.717) is 29.7 Å². The molecule has 0 bridgehead atoms. The van der Waals surface area contributed by atoms with Gasteiger partial charge in [0.15, 0.2) is 0 Å². The molecule has 1 atom stereocenters. The van der Waals surface area contributed by atoms with Gasteiger partial charge >= 0.3 is 0 Å². The molecule has 2 aromatic carbocycles. The molecule has 1 heterocycles. The number of amides is 1. The van der Waals surface area contributed by atoms with Gasteiger partial charge in [-0.25, -0.2) is 4.98 Å². The van der Waals surface area contributed by atoms with Crippen LogP contribution in [0.4, 0.5) is 0 Å². The summed E-state index contributed by atoms with van der Waals surface area (Å²) in [5.41, 5.74) is 3.52. The van der Waals surface area contributed by atoms with Gasteiger partial charge in [-0.05, 0) is 57.9 Å². The summed E-state index contributed by atoms with van der Waals surface area (Å²) in [5.74, 6) is 0.718. The van der Waals surface area contributed by atoms with Crippen LogP contribution in [-0.4, -0.2) is 26.9 Å². The second-order valence-electron chi connectivity index (χ2n) is 8.58. The lowest BCUT2D eigenvalue weighted by Gasteiger charge is -2.30. The van der Waals surface area contributed by atoms with Gasteiger partial charge in [0.2, 0.25) is 5.91 Å². The number of hydrogen-bond acceptors (Lipinski definition) is 3. The first-order valence-corrected chi connectivity index (χ1v) is 11.8. The van der Waals surface area contributed by atoms with Gasteiger partial charge in [0.1, 0.15) is 5.82 Å². The molecule has 5 nitrogen and oxygen atoms in total. The standard InChI is InChI=1S/C27H35N3O2/c1-6-8-9-10-15-25(31)29(7-2)21(5)26-28-23-14-12-11-13-22(23)27(32)30(26)24-17-16-19(3)18-20(24)4/h11-14,16-18,21H,6-10,15H2,1-5H3/t21-/m0/s1. The number of rotatable bonds is 9. The number of fused-ring (bicyclic) bond motifs is 1. The van der Waals surface area contributed by atoms with E-state index < -0.39 is 0 Å². The van der Waals surface area contributed by atoms with Gasteiger partial charge in [-0.1, -0.05) is 56.0 Å². The number of carbonyl (C=O) groups is 1. The van der Waals surface area contributed by atoms with E-state index in [1.165, 1.54) is 0 Å². The fourth-order valence-electron chi connectivity index (χ4n) is 4.37. The Labute approximate surface area is 191 Å². The number of hydrogen-bond donors (Lipinski definition) is 0. The summed E-state index contributed by atoms with van der Waals surface area (Å²) in [6, 6.07) is 13.2. The molecule has 170 valence electrons. The SMILES string of the molecule is CCCCCCC(=O)N(CC)[C@@H](C)c1nc2ccccc2c(=O)n1-c1ccc(C)cc1C. The molecule has 0 saturated carbocycles. The van der Waals surface area contributed by atoms with Gasteiger partial charge in [0, 0.05) is 13.0 Å². The quantitative estimate of drug-likeness (QED) is 0.396. The van der Waals surface area contributed by atoms with Gasteiger partial charge in [0.05, 0.1) is 22.6 Å². The lowest BCUT2D eigenvalue weighted by molar-refractivity contribution is -0.133. The van der Waals surface area contributed by atoms with E-state index >= 15 is 0 Å². The van der Waals surface area contributed by atoms with Gasteiger partial charge in [-0.15, -0.1) is 0 Å². The third kappa shape index (κ3) is 4.93. The molecule has 0 N–H and O–H groups in total. The Morgan fingerprint density at radius 2 is 1.81 bits per heavy atom. The second kappa shape index (κ2) is 10.6. The number of para-hydroxylation sites is 1. The molecular formula is C27H35N3O2. The molecule has 0 aliphatic carbocycles. The molecule has 3 rings (SSSR count). The lowest BCUT2D eigenvalue weighted by Crippen LogP contribution is -2.37. The van der Waals surface area contributed by atoms with Crippen molar-refractivity contribution < 1.29 is 4.79 Å². The first-order valence-electron chi connectivity index (χ1n) is 11.8. The minimum atomic E-state index is -0.323. The number of unbranched alkanes of at least 4 members (excludes halogenated alkanes) is 3. The molecule has 0 unspecified atom stereocenters. The predicted octanol–water partition coefficient (Wildman–Crippen LogP) is 5.88. The predicted molar refractivity (Wildman–Crippen MR) is 131 cm³/mol. The van der Waals surface area contributed by atoms with Crippen molar-refractivity contribution in [2.45, 2.75) is 72.8 Å². The van der Waals surface area contributed by atoms with E-state index in [-0.39, 0.29) is 17.5 Å². The van der Waals surface area contributed by atoms with Crippen molar-refractivity contribution in [1.29, 1.82) is 0 Å². The largest absolute Gasteiger partial charge is 0.333 e. The van der Waals surface area contributed by atoms with E-state index in [9.17, 15) is 9.59 Å². The maximum atomic E-state index is 13.6. The fourth-order valence-corrected chi connectivity index (χ4v) is 4.37. The van der Waals surface area contributed by atoms with Gasteiger partial charge in [-0.3, -0.25) is 14.2 Å². The van der Waals surface area contributed by atoms with Crippen molar-refractivity contribution in [2.24, 2.45) is 0 Å². The van der Waals surface area contributed by atoms with Crippen LogP contribution < -0.4 is 5.56 Å². The zero-order valence-electron chi connectivity index (χ0n) is 20.0.